The van der Waals surface area contributed by atoms with E-state index in [-0.39, 0.29) is 11.7 Å². The summed E-state index contributed by atoms with van der Waals surface area (Å²) in [5.74, 6) is 2.63. The summed E-state index contributed by atoms with van der Waals surface area (Å²) in [4.78, 5) is 12.5. The molecule has 0 aliphatic rings. The lowest BCUT2D eigenvalue weighted by molar-refractivity contribution is 0.0925. The van der Waals surface area contributed by atoms with Gasteiger partial charge in [0.2, 0.25) is 0 Å². The van der Waals surface area contributed by atoms with Crippen LogP contribution in [0.25, 0.3) is 11.3 Å². The van der Waals surface area contributed by atoms with Gasteiger partial charge in [-0.05, 0) is 55.3 Å². The van der Waals surface area contributed by atoms with E-state index in [9.17, 15) is 4.79 Å². The first-order chi connectivity index (χ1) is 17.1. The van der Waals surface area contributed by atoms with Gasteiger partial charge in [0.05, 0.1) is 25.7 Å². The van der Waals surface area contributed by atoms with Crippen LogP contribution in [-0.4, -0.2) is 36.9 Å². The maximum atomic E-state index is 12.5. The van der Waals surface area contributed by atoms with Gasteiger partial charge in [0, 0.05) is 12.1 Å². The number of aryl methyl sites for hydroxylation is 1. The van der Waals surface area contributed by atoms with E-state index in [0.29, 0.717) is 36.0 Å². The van der Waals surface area contributed by atoms with Crippen LogP contribution in [0.4, 0.5) is 0 Å². The molecular formula is C27H27N3O4S. The first-order valence-corrected chi connectivity index (χ1v) is 12.2. The van der Waals surface area contributed by atoms with Crippen molar-refractivity contribution in [2.75, 3.05) is 20.8 Å². The molecule has 0 aliphatic carbocycles. The number of hydrogen-bond acceptors (Lipinski definition) is 7. The molecule has 0 atom stereocenters. The highest BCUT2D eigenvalue weighted by atomic mass is 32.2. The normalized spacial score (nSPS) is 10.7. The summed E-state index contributed by atoms with van der Waals surface area (Å²) in [5.41, 5.74) is 4.11. The van der Waals surface area contributed by atoms with E-state index in [1.807, 2.05) is 48.5 Å². The Morgan fingerprint density at radius 2 is 1.74 bits per heavy atom. The van der Waals surface area contributed by atoms with E-state index in [0.717, 1.165) is 21.8 Å². The van der Waals surface area contributed by atoms with E-state index in [2.05, 4.69) is 34.6 Å². The smallest absolute Gasteiger partial charge is 0.287 e. The Labute approximate surface area is 208 Å². The van der Waals surface area contributed by atoms with E-state index in [4.69, 9.17) is 13.9 Å². The van der Waals surface area contributed by atoms with E-state index in [1.165, 1.54) is 17.3 Å². The van der Waals surface area contributed by atoms with Crippen LogP contribution in [0.2, 0.25) is 0 Å². The predicted molar refractivity (Wildman–Crippen MR) is 136 cm³/mol. The molecule has 4 aromatic rings. The van der Waals surface area contributed by atoms with Gasteiger partial charge >= 0.3 is 0 Å². The number of methoxy groups -OCH3 is 2. The quantitative estimate of drug-likeness (QED) is 0.301. The Morgan fingerprint density at radius 3 is 2.46 bits per heavy atom. The molecule has 8 heteroatoms. The molecule has 0 bridgehead atoms. The number of ether oxygens (including phenoxy) is 2. The van der Waals surface area contributed by atoms with Crippen molar-refractivity contribution in [3.63, 3.8) is 0 Å². The van der Waals surface area contributed by atoms with Crippen LogP contribution >= 0.6 is 11.8 Å². The number of rotatable bonds is 10. The molecular weight excluding hydrogens is 462 g/mol. The standard InChI is InChI=1S/C27H27N3O4S/c1-18-4-7-20(8-5-18)22-10-13-26(30-29-22)35-17-21-9-12-24(34-21)27(31)28-15-14-19-6-11-23(32-2)25(16-19)33-3/h4-13,16H,14-15,17H2,1-3H3,(H,28,31). The Morgan fingerprint density at radius 1 is 0.943 bits per heavy atom. The largest absolute Gasteiger partial charge is 0.493 e. The van der Waals surface area contributed by atoms with Crippen molar-refractivity contribution in [3.8, 4) is 22.8 Å². The minimum atomic E-state index is -0.246. The second-order valence-electron chi connectivity index (χ2n) is 7.87. The molecule has 0 unspecified atom stereocenters. The van der Waals surface area contributed by atoms with Gasteiger partial charge in [-0.3, -0.25) is 4.79 Å². The van der Waals surface area contributed by atoms with Crippen LogP contribution in [0.3, 0.4) is 0 Å². The van der Waals surface area contributed by atoms with Crippen LogP contribution < -0.4 is 14.8 Å². The van der Waals surface area contributed by atoms with E-state index >= 15 is 0 Å². The van der Waals surface area contributed by atoms with Crippen molar-refractivity contribution < 1.29 is 18.7 Å². The SMILES string of the molecule is COc1ccc(CCNC(=O)c2ccc(CSc3ccc(-c4ccc(C)cc4)nn3)o2)cc1OC. The Hall–Kier alpha value is -3.78. The third kappa shape index (κ3) is 6.42. The molecule has 2 heterocycles. The van der Waals surface area contributed by atoms with Crippen molar-refractivity contribution in [2.24, 2.45) is 0 Å². The van der Waals surface area contributed by atoms with Gasteiger partial charge in [-0.15, -0.1) is 10.2 Å². The van der Waals surface area contributed by atoms with Crippen molar-refractivity contribution in [1.29, 1.82) is 0 Å². The number of hydrogen-bond donors (Lipinski definition) is 1. The number of aromatic nitrogens is 2. The molecule has 1 N–H and O–H groups in total. The summed E-state index contributed by atoms with van der Waals surface area (Å²) in [6, 6.07) is 21.3. The van der Waals surface area contributed by atoms with Gasteiger partial charge < -0.3 is 19.2 Å². The topological polar surface area (TPSA) is 86.5 Å². The van der Waals surface area contributed by atoms with Crippen LogP contribution in [0.15, 0.2) is 76.2 Å². The number of furan rings is 1. The Kier molecular flexibility index (Phi) is 8.05. The lowest BCUT2D eigenvalue weighted by Gasteiger charge is -2.09. The molecule has 0 aliphatic heterocycles. The summed E-state index contributed by atoms with van der Waals surface area (Å²) in [6.07, 6.45) is 0.659. The van der Waals surface area contributed by atoms with Crippen LogP contribution in [0.1, 0.15) is 27.4 Å². The van der Waals surface area contributed by atoms with Crippen molar-refractivity contribution in [3.05, 3.63) is 89.4 Å². The zero-order valence-corrected chi connectivity index (χ0v) is 20.7. The molecule has 0 fully saturated rings. The molecule has 7 nitrogen and oxygen atoms in total. The average Bonchev–Trinajstić information content (AvgIpc) is 3.37. The molecule has 2 aromatic heterocycles. The lowest BCUT2D eigenvalue weighted by Crippen LogP contribution is -2.25. The molecule has 1 amide bonds. The predicted octanol–water partition coefficient (Wildman–Crippen LogP) is 5.33. The lowest BCUT2D eigenvalue weighted by atomic mass is 10.1. The summed E-state index contributed by atoms with van der Waals surface area (Å²) in [5, 5.41) is 12.3. The molecule has 2 aromatic carbocycles. The Bertz CT molecular complexity index is 1270. The number of nitrogens with zero attached hydrogens (tertiary/aromatic N) is 2. The molecule has 0 saturated carbocycles. The maximum absolute atomic E-state index is 12.5. The van der Waals surface area contributed by atoms with Gasteiger partial charge in [0.15, 0.2) is 17.3 Å². The van der Waals surface area contributed by atoms with E-state index in [1.54, 1.807) is 20.3 Å². The van der Waals surface area contributed by atoms with Crippen LogP contribution in [-0.2, 0) is 12.2 Å². The fourth-order valence-corrected chi connectivity index (χ4v) is 4.15. The van der Waals surface area contributed by atoms with Crippen LogP contribution in [0.5, 0.6) is 11.5 Å². The van der Waals surface area contributed by atoms with Crippen molar-refractivity contribution >= 4 is 17.7 Å². The van der Waals surface area contributed by atoms with Gasteiger partial charge in [-0.1, -0.05) is 47.7 Å². The van der Waals surface area contributed by atoms with Crippen LogP contribution in [0, 0.1) is 6.92 Å². The summed E-state index contributed by atoms with van der Waals surface area (Å²) < 4.78 is 16.3. The summed E-state index contributed by atoms with van der Waals surface area (Å²) in [7, 11) is 3.20. The molecule has 0 spiro atoms. The number of thioether (sulfide) groups is 1. The highest BCUT2D eigenvalue weighted by Crippen LogP contribution is 2.28. The monoisotopic (exact) mass is 489 g/mol. The third-order valence-corrected chi connectivity index (χ3v) is 6.32. The first kappa shape index (κ1) is 24.3. The van der Waals surface area contributed by atoms with Gasteiger partial charge in [-0.25, -0.2) is 0 Å². The molecule has 180 valence electrons. The molecule has 35 heavy (non-hydrogen) atoms. The number of nitrogens with one attached hydrogen (secondary N) is 1. The molecule has 0 saturated heterocycles. The maximum Gasteiger partial charge on any atom is 0.287 e. The fraction of sp³-hybridized carbons (Fsp3) is 0.222. The number of carbonyl (C=O) groups is 1. The van der Waals surface area contributed by atoms with Gasteiger partial charge in [-0.2, -0.15) is 0 Å². The summed E-state index contributed by atoms with van der Waals surface area (Å²) in [6.45, 7) is 2.53. The fourth-order valence-electron chi connectivity index (χ4n) is 3.44. The Balaban J connectivity index is 1.26. The number of carbonyl (C=O) groups excluding carboxylic acids is 1. The van der Waals surface area contributed by atoms with E-state index < -0.39 is 0 Å². The zero-order valence-electron chi connectivity index (χ0n) is 19.9. The van der Waals surface area contributed by atoms with Gasteiger partial charge in [0.1, 0.15) is 10.8 Å². The first-order valence-electron chi connectivity index (χ1n) is 11.2. The van der Waals surface area contributed by atoms with Crippen molar-refractivity contribution in [1.82, 2.24) is 15.5 Å². The number of amides is 1. The highest BCUT2D eigenvalue weighted by Gasteiger charge is 2.12. The second kappa shape index (κ2) is 11.6. The zero-order chi connectivity index (χ0) is 24.6. The van der Waals surface area contributed by atoms with Gasteiger partial charge in [0.25, 0.3) is 5.91 Å². The molecule has 4 rings (SSSR count). The highest BCUT2D eigenvalue weighted by molar-refractivity contribution is 7.98. The van der Waals surface area contributed by atoms with Crippen molar-refractivity contribution in [2.45, 2.75) is 24.1 Å². The number of benzene rings is 2. The molecule has 0 radical (unpaired) electrons. The minimum Gasteiger partial charge on any atom is -0.493 e. The average molecular weight is 490 g/mol. The summed E-state index contributed by atoms with van der Waals surface area (Å²) >= 11 is 1.51. The second-order valence-corrected chi connectivity index (χ2v) is 8.87. The third-order valence-electron chi connectivity index (χ3n) is 5.38. The minimum absolute atomic E-state index is 0.246.